The first-order chi connectivity index (χ1) is 9.72. The number of hydrogen-bond donors (Lipinski definition) is 2. The molecule has 2 saturated heterocycles. The van der Waals surface area contributed by atoms with Crippen molar-refractivity contribution in [2.24, 2.45) is 0 Å². The fourth-order valence-electron chi connectivity index (χ4n) is 3.39. The SMILES string of the molecule is Cl.Nc1cc(CN2CCCC2)c(O)c(CN2CCCC2)c1. The van der Waals surface area contributed by atoms with Gasteiger partial charge >= 0.3 is 0 Å². The summed E-state index contributed by atoms with van der Waals surface area (Å²) in [5, 5.41) is 10.5. The van der Waals surface area contributed by atoms with Crippen molar-refractivity contribution >= 4 is 18.1 Å². The summed E-state index contributed by atoms with van der Waals surface area (Å²) in [6, 6.07) is 3.86. The first kappa shape index (κ1) is 16.4. The van der Waals surface area contributed by atoms with Gasteiger partial charge in [0.2, 0.25) is 0 Å². The minimum atomic E-state index is 0. The number of halogens is 1. The number of nitrogen functional groups attached to an aromatic ring is 1. The van der Waals surface area contributed by atoms with Crippen LogP contribution >= 0.6 is 12.4 Å². The van der Waals surface area contributed by atoms with E-state index in [9.17, 15) is 5.11 Å². The Balaban J connectivity index is 0.00000161. The van der Waals surface area contributed by atoms with Gasteiger partial charge in [0.15, 0.2) is 0 Å². The van der Waals surface area contributed by atoms with Crippen LogP contribution in [0.1, 0.15) is 36.8 Å². The number of hydrogen-bond acceptors (Lipinski definition) is 4. The molecule has 3 rings (SSSR count). The topological polar surface area (TPSA) is 52.7 Å². The second-order valence-electron chi connectivity index (χ2n) is 6.15. The van der Waals surface area contributed by atoms with E-state index in [2.05, 4.69) is 9.80 Å². The number of nitrogens with zero attached hydrogens (tertiary/aromatic N) is 2. The maximum Gasteiger partial charge on any atom is 0.124 e. The van der Waals surface area contributed by atoms with Crippen LogP contribution in [-0.2, 0) is 13.1 Å². The van der Waals surface area contributed by atoms with E-state index in [0.717, 1.165) is 56.1 Å². The molecule has 118 valence electrons. The Labute approximate surface area is 133 Å². The monoisotopic (exact) mass is 311 g/mol. The third-order valence-electron chi connectivity index (χ3n) is 4.48. The highest BCUT2D eigenvalue weighted by atomic mass is 35.5. The largest absolute Gasteiger partial charge is 0.507 e. The fourth-order valence-corrected chi connectivity index (χ4v) is 3.39. The zero-order valence-electron chi connectivity index (χ0n) is 12.6. The predicted molar refractivity (Wildman–Crippen MR) is 88.8 cm³/mol. The molecule has 0 bridgehead atoms. The van der Waals surface area contributed by atoms with Crippen LogP contribution in [0, 0.1) is 0 Å². The maximum atomic E-state index is 10.5. The van der Waals surface area contributed by atoms with Crippen molar-refractivity contribution in [2.75, 3.05) is 31.9 Å². The van der Waals surface area contributed by atoms with E-state index in [1.54, 1.807) is 0 Å². The van der Waals surface area contributed by atoms with E-state index in [4.69, 9.17) is 5.73 Å². The Morgan fingerprint density at radius 2 is 1.24 bits per heavy atom. The molecule has 3 N–H and O–H groups in total. The van der Waals surface area contributed by atoms with E-state index in [-0.39, 0.29) is 12.4 Å². The normalized spacial score (nSPS) is 19.8. The van der Waals surface area contributed by atoms with Crippen molar-refractivity contribution in [3.8, 4) is 5.75 Å². The van der Waals surface area contributed by atoms with Gasteiger partial charge in [-0.2, -0.15) is 0 Å². The molecule has 1 aromatic rings. The Morgan fingerprint density at radius 1 is 0.857 bits per heavy atom. The number of likely N-dealkylation sites (tertiary alicyclic amines) is 2. The molecule has 2 fully saturated rings. The van der Waals surface area contributed by atoms with E-state index < -0.39 is 0 Å². The minimum absolute atomic E-state index is 0. The molecular weight excluding hydrogens is 286 g/mol. The Morgan fingerprint density at radius 3 is 1.62 bits per heavy atom. The Bertz CT molecular complexity index is 430. The van der Waals surface area contributed by atoms with Crippen LogP contribution in [0.3, 0.4) is 0 Å². The van der Waals surface area contributed by atoms with Crippen LogP contribution in [0.15, 0.2) is 12.1 Å². The van der Waals surface area contributed by atoms with E-state index in [1.165, 1.54) is 25.7 Å². The second-order valence-corrected chi connectivity index (χ2v) is 6.15. The molecule has 5 heteroatoms. The molecule has 0 aromatic heterocycles. The van der Waals surface area contributed by atoms with Crippen molar-refractivity contribution in [3.05, 3.63) is 23.3 Å². The summed E-state index contributed by atoms with van der Waals surface area (Å²) >= 11 is 0. The molecule has 4 nitrogen and oxygen atoms in total. The van der Waals surface area contributed by atoms with E-state index >= 15 is 0 Å². The van der Waals surface area contributed by atoms with Crippen molar-refractivity contribution < 1.29 is 5.11 Å². The third kappa shape index (κ3) is 4.02. The number of rotatable bonds is 4. The molecule has 2 aliphatic heterocycles. The number of anilines is 1. The zero-order chi connectivity index (χ0) is 13.9. The number of benzene rings is 1. The number of phenols is 1. The molecule has 2 heterocycles. The van der Waals surface area contributed by atoms with Gasteiger partial charge < -0.3 is 10.8 Å². The average Bonchev–Trinajstić information content (AvgIpc) is 3.08. The summed E-state index contributed by atoms with van der Waals surface area (Å²) in [5.74, 6) is 0.456. The fraction of sp³-hybridized carbons (Fsp3) is 0.625. The Kier molecular flexibility index (Phi) is 5.73. The second kappa shape index (κ2) is 7.34. The lowest BCUT2D eigenvalue weighted by atomic mass is 10.1. The lowest BCUT2D eigenvalue weighted by Crippen LogP contribution is -2.20. The summed E-state index contributed by atoms with van der Waals surface area (Å²) in [4.78, 5) is 4.79. The highest BCUT2D eigenvalue weighted by Gasteiger charge is 2.18. The number of aromatic hydroxyl groups is 1. The lowest BCUT2D eigenvalue weighted by molar-refractivity contribution is 0.312. The molecule has 1 aromatic carbocycles. The highest BCUT2D eigenvalue weighted by Crippen LogP contribution is 2.30. The van der Waals surface area contributed by atoms with Gasteiger partial charge in [-0.15, -0.1) is 12.4 Å². The molecular formula is C16H26ClN3O. The van der Waals surface area contributed by atoms with Crippen molar-refractivity contribution in [1.82, 2.24) is 9.80 Å². The van der Waals surface area contributed by atoms with Crippen LogP contribution < -0.4 is 5.73 Å². The molecule has 0 unspecified atom stereocenters. The lowest BCUT2D eigenvalue weighted by Gasteiger charge is -2.20. The molecule has 0 radical (unpaired) electrons. The third-order valence-corrected chi connectivity index (χ3v) is 4.48. The van der Waals surface area contributed by atoms with Gasteiger partial charge in [-0.1, -0.05) is 0 Å². The van der Waals surface area contributed by atoms with Crippen molar-refractivity contribution in [2.45, 2.75) is 38.8 Å². The predicted octanol–water partition coefficient (Wildman–Crippen LogP) is 2.59. The summed E-state index contributed by atoms with van der Waals surface area (Å²) in [5.41, 5.74) is 8.77. The van der Waals surface area contributed by atoms with Crippen LogP contribution in [0.5, 0.6) is 5.75 Å². The van der Waals surface area contributed by atoms with Gasteiger partial charge in [-0.05, 0) is 64.0 Å². The maximum absolute atomic E-state index is 10.5. The van der Waals surface area contributed by atoms with Gasteiger partial charge in [0.1, 0.15) is 5.75 Å². The summed E-state index contributed by atoms with van der Waals surface area (Å²) in [6.07, 6.45) is 5.07. The standard InChI is InChI=1S/C16H25N3O.ClH/c17-15-9-13(11-18-5-1-2-6-18)16(20)14(10-15)12-19-7-3-4-8-19;/h9-10,20H,1-8,11-12,17H2;1H. The van der Waals surface area contributed by atoms with Crippen molar-refractivity contribution in [3.63, 3.8) is 0 Å². The minimum Gasteiger partial charge on any atom is -0.507 e. The van der Waals surface area contributed by atoms with Crippen LogP contribution in [0.25, 0.3) is 0 Å². The molecule has 0 saturated carbocycles. The Hall–Kier alpha value is -0.970. The van der Waals surface area contributed by atoms with Gasteiger partial charge in [-0.3, -0.25) is 9.80 Å². The van der Waals surface area contributed by atoms with Gasteiger partial charge in [0.25, 0.3) is 0 Å². The molecule has 0 aliphatic carbocycles. The summed E-state index contributed by atoms with van der Waals surface area (Å²) in [6.45, 7) is 6.19. The number of nitrogens with two attached hydrogens (primary N) is 1. The van der Waals surface area contributed by atoms with Gasteiger partial charge in [0.05, 0.1) is 0 Å². The molecule has 21 heavy (non-hydrogen) atoms. The van der Waals surface area contributed by atoms with Crippen LogP contribution in [0.4, 0.5) is 5.69 Å². The van der Waals surface area contributed by atoms with Crippen molar-refractivity contribution in [1.29, 1.82) is 0 Å². The quantitative estimate of drug-likeness (QED) is 0.663. The molecule has 0 amide bonds. The smallest absolute Gasteiger partial charge is 0.124 e. The zero-order valence-corrected chi connectivity index (χ0v) is 13.4. The first-order valence-electron chi connectivity index (χ1n) is 7.77. The first-order valence-corrected chi connectivity index (χ1v) is 7.77. The van der Waals surface area contributed by atoms with Crippen LogP contribution in [0.2, 0.25) is 0 Å². The summed E-state index contributed by atoms with van der Waals surface area (Å²) < 4.78 is 0. The highest BCUT2D eigenvalue weighted by molar-refractivity contribution is 5.85. The summed E-state index contributed by atoms with van der Waals surface area (Å²) in [7, 11) is 0. The average molecular weight is 312 g/mol. The van der Waals surface area contributed by atoms with Gasteiger partial charge in [-0.25, -0.2) is 0 Å². The van der Waals surface area contributed by atoms with E-state index in [1.807, 2.05) is 12.1 Å². The van der Waals surface area contributed by atoms with E-state index in [0.29, 0.717) is 5.75 Å². The molecule has 0 atom stereocenters. The van der Waals surface area contributed by atoms with Crippen LogP contribution in [-0.4, -0.2) is 41.1 Å². The molecule has 2 aliphatic rings. The molecule has 0 spiro atoms. The number of phenolic OH excluding ortho intramolecular Hbond substituents is 1. The van der Waals surface area contributed by atoms with Gasteiger partial charge in [0, 0.05) is 29.9 Å².